The van der Waals surface area contributed by atoms with Crippen LogP contribution in [0, 0.1) is 5.41 Å². The Morgan fingerprint density at radius 3 is 2.42 bits per heavy atom. The summed E-state index contributed by atoms with van der Waals surface area (Å²) in [4.78, 5) is 23.2. The van der Waals surface area contributed by atoms with Gasteiger partial charge in [0.15, 0.2) is 0 Å². The lowest BCUT2D eigenvalue weighted by molar-refractivity contribution is -0.139. The largest absolute Gasteiger partial charge is 0.481 e. The van der Waals surface area contributed by atoms with E-state index in [0.717, 1.165) is 12.8 Å². The summed E-state index contributed by atoms with van der Waals surface area (Å²) in [6.07, 6.45) is 1.47. The summed E-state index contributed by atoms with van der Waals surface area (Å²) >= 11 is 6.09. The topological polar surface area (TPSA) is 104 Å². The minimum atomic E-state index is -3.62. The number of carbonyl (C=O) groups is 2. The van der Waals surface area contributed by atoms with E-state index >= 15 is 0 Å². The molecule has 0 saturated carbocycles. The number of halogens is 1. The molecule has 144 valence electrons. The van der Waals surface area contributed by atoms with Crippen LogP contribution in [0.1, 0.15) is 39.5 Å². The molecule has 0 spiro atoms. The fourth-order valence-electron chi connectivity index (χ4n) is 2.94. The Hall–Kier alpha value is -1.64. The summed E-state index contributed by atoms with van der Waals surface area (Å²) in [6.45, 7) is 4.32. The van der Waals surface area contributed by atoms with Crippen LogP contribution in [0.3, 0.4) is 0 Å². The molecule has 26 heavy (non-hydrogen) atoms. The van der Waals surface area contributed by atoms with Crippen molar-refractivity contribution in [3.8, 4) is 0 Å². The van der Waals surface area contributed by atoms with E-state index in [-0.39, 0.29) is 28.4 Å². The smallest absolute Gasteiger partial charge is 0.303 e. The number of rotatable bonds is 7. The molecular formula is C17H23ClN2O5S. The molecule has 0 aromatic heterocycles. The van der Waals surface area contributed by atoms with Gasteiger partial charge in [-0.05, 0) is 36.5 Å². The van der Waals surface area contributed by atoms with Crippen molar-refractivity contribution in [3.63, 3.8) is 0 Å². The molecule has 9 heteroatoms. The van der Waals surface area contributed by atoms with E-state index < -0.39 is 27.3 Å². The number of benzene rings is 1. The van der Waals surface area contributed by atoms with Gasteiger partial charge in [0.05, 0.1) is 22.0 Å². The normalized spacial score (nSPS) is 15.8. The first-order valence-corrected chi connectivity index (χ1v) is 10.1. The van der Waals surface area contributed by atoms with Crippen molar-refractivity contribution in [3.05, 3.63) is 23.2 Å². The van der Waals surface area contributed by atoms with Crippen molar-refractivity contribution in [2.24, 2.45) is 5.41 Å². The van der Waals surface area contributed by atoms with Crippen molar-refractivity contribution in [2.45, 2.75) is 44.4 Å². The van der Waals surface area contributed by atoms with Gasteiger partial charge in [-0.15, -0.1) is 0 Å². The molecule has 1 aliphatic rings. The fourth-order valence-corrected chi connectivity index (χ4v) is 4.65. The van der Waals surface area contributed by atoms with Crippen molar-refractivity contribution in [2.75, 3.05) is 18.4 Å². The Labute approximate surface area is 158 Å². The Balaban J connectivity index is 2.17. The van der Waals surface area contributed by atoms with E-state index in [1.807, 2.05) is 0 Å². The number of sulfonamides is 1. The average Bonchev–Trinajstić information content (AvgIpc) is 3.02. The second-order valence-electron chi connectivity index (χ2n) is 7.21. The molecule has 1 heterocycles. The summed E-state index contributed by atoms with van der Waals surface area (Å²) in [7, 11) is -3.62. The number of anilines is 1. The predicted molar refractivity (Wildman–Crippen MR) is 98.7 cm³/mol. The lowest BCUT2D eigenvalue weighted by atomic mass is 9.85. The van der Waals surface area contributed by atoms with E-state index in [9.17, 15) is 18.0 Å². The number of nitrogens with one attached hydrogen (secondary N) is 1. The SMILES string of the molecule is CC(C)(CC(=O)O)CC(=O)Nc1cc(S(=O)(=O)N2CCCC2)ccc1Cl. The van der Waals surface area contributed by atoms with Gasteiger partial charge in [0.25, 0.3) is 0 Å². The van der Waals surface area contributed by atoms with Crippen LogP contribution in [0.5, 0.6) is 0 Å². The van der Waals surface area contributed by atoms with Gasteiger partial charge in [-0.25, -0.2) is 8.42 Å². The number of aliphatic carboxylic acids is 1. The van der Waals surface area contributed by atoms with Gasteiger partial charge in [-0.1, -0.05) is 25.4 Å². The van der Waals surface area contributed by atoms with Gasteiger partial charge in [-0.2, -0.15) is 4.31 Å². The highest BCUT2D eigenvalue weighted by atomic mass is 35.5. The Morgan fingerprint density at radius 1 is 1.23 bits per heavy atom. The first-order chi connectivity index (χ1) is 12.0. The molecule has 1 saturated heterocycles. The van der Waals surface area contributed by atoms with Crippen LogP contribution in [-0.2, 0) is 19.6 Å². The number of nitrogens with zero attached hydrogens (tertiary/aromatic N) is 1. The van der Waals surface area contributed by atoms with Crippen LogP contribution in [0.2, 0.25) is 5.02 Å². The number of hydrogen-bond acceptors (Lipinski definition) is 4. The Morgan fingerprint density at radius 2 is 1.85 bits per heavy atom. The third-order valence-corrected chi connectivity index (χ3v) is 6.41. The lowest BCUT2D eigenvalue weighted by Gasteiger charge is -2.22. The van der Waals surface area contributed by atoms with Crippen LogP contribution in [-0.4, -0.2) is 42.8 Å². The highest BCUT2D eigenvalue weighted by molar-refractivity contribution is 7.89. The summed E-state index contributed by atoms with van der Waals surface area (Å²) in [5.41, 5.74) is -0.537. The molecule has 0 unspecified atom stereocenters. The maximum atomic E-state index is 12.6. The zero-order valence-corrected chi connectivity index (χ0v) is 16.4. The quantitative estimate of drug-likeness (QED) is 0.729. The second kappa shape index (κ2) is 7.94. The molecule has 1 aliphatic heterocycles. The van der Waals surface area contributed by atoms with Crippen LogP contribution in [0.25, 0.3) is 0 Å². The van der Waals surface area contributed by atoms with Crippen molar-refractivity contribution in [1.29, 1.82) is 0 Å². The first kappa shape index (κ1) is 20.7. The first-order valence-electron chi connectivity index (χ1n) is 8.33. The highest BCUT2D eigenvalue weighted by Gasteiger charge is 2.29. The highest BCUT2D eigenvalue weighted by Crippen LogP contribution is 2.30. The molecule has 1 aromatic carbocycles. The molecule has 1 amide bonds. The van der Waals surface area contributed by atoms with Gasteiger partial charge in [0.1, 0.15) is 0 Å². The summed E-state index contributed by atoms with van der Waals surface area (Å²) in [5.74, 6) is -1.41. The Bertz CT molecular complexity index is 801. The van der Waals surface area contributed by atoms with E-state index in [4.69, 9.17) is 16.7 Å². The van der Waals surface area contributed by atoms with Gasteiger partial charge >= 0.3 is 5.97 Å². The molecule has 0 aliphatic carbocycles. The maximum absolute atomic E-state index is 12.6. The molecule has 2 N–H and O–H groups in total. The van der Waals surface area contributed by atoms with Gasteiger partial charge in [0.2, 0.25) is 15.9 Å². The minimum Gasteiger partial charge on any atom is -0.481 e. The van der Waals surface area contributed by atoms with Crippen LogP contribution in [0.15, 0.2) is 23.1 Å². The number of amides is 1. The number of carboxylic acid groups (broad SMARTS) is 1. The van der Waals surface area contributed by atoms with E-state index in [1.54, 1.807) is 13.8 Å². The van der Waals surface area contributed by atoms with Crippen LogP contribution >= 0.6 is 11.6 Å². The molecule has 1 aromatic rings. The number of carboxylic acids is 1. The summed E-state index contributed by atoms with van der Waals surface area (Å²) < 4.78 is 26.7. The summed E-state index contributed by atoms with van der Waals surface area (Å²) in [5, 5.41) is 11.7. The molecular weight excluding hydrogens is 380 g/mol. The lowest BCUT2D eigenvalue weighted by Crippen LogP contribution is -2.28. The molecule has 2 rings (SSSR count). The predicted octanol–water partition coefficient (Wildman–Crippen LogP) is 2.95. The third-order valence-electron chi connectivity index (χ3n) is 4.18. The van der Waals surface area contributed by atoms with Crippen molar-refractivity contribution in [1.82, 2.24) is 4.31 Å². The molecule has 7 nitrogen and oxygen atoms in total. The fraction of sp³-hybridized carbons (Fsp3) is 0.529. The molecule has 0 radical (unpaired) electrons. The third kappa shape index (κ3) is 5.18. The van der Waals surface area contributed by atoms with E-state index in [1.165, 1.54) is 22.5 Å². The standard InChI is InChI=1S/C17H23ClN2O5S/c1-17(2,11-16(22)23)10-15(21)19-14-9-12(5-6-13(14)18)26(24,25)20-7-3-4-8-20/h5-6,9H,3-4,7-8,10-11H2,1-2H3,(H,19,21)(H,22,23). The molecule has 1 fully saturated rings. The molecule has 0 bridgehead atoms. The minimum absolute atomic E-state index is 0.0290. The maximum Gasteiger partial charge on any atom is 0.303 e. The van der Waals surface area contributed by atoms with Crippen molar-refractivity contribution < 1.29 is 23.1 Å². The average molecular weight is 403 g/mol. The van der Waals surface area contributed by atoms with Gasteiger partial charge < -0.3 is 10.4 Å². The second-order valence-corrected chi connectivity index (χ2v) is 9.56. The van der Waals surface area contributed by atoms with Crippen molar-refractivity contribution >= 4 is 39.2 Å². The van der Waals surface area contributed by atoms with Gasteiger partial charge in [0, 0.05) is 19.5 Å². The molecule has 0 atom stereocenters. The van der Waals surface area contributed by atoms with E-state index in [2.05, 4.69) is 5.32 Å². The van der Waals surface area contributed by atoms with E-state index in [0.29, 0.717) is 13.1 Å². The van der Waals surface area contributed by atoms with Gasteiger partial charge in [-0.3, -0.25) is 9.59 Å². The zero-order chi connectivity index (χ0) is 19.5. The Kier molecular flexibility index (Phi) is 6.31. The summed E-state index contributed by atoms with van der Waals surface area (Å²) in [6, 6.07) is 4.20. The van der Waals surface area contributed by atoms with Crippen LogP contribution in [0.4, 0.5) is 5.69 Å². The van der Waals surface area contributed by atoms with Crippen LogP contribution < -0.4 is 5.32 Å². The number of hydrogen-bond donors (Lipinski definition) is 2. The number of carbonyl (C=O) groups excluding carboxylic acids is 1. The monoisotopic (exact) mass is 402 g/mol. The zero-order valence-electron chi connectivity index (χ0n) is 14.8.